The molecule has 0 aliphatic carbocycles. The van der Waals surface area contributed by atoms with E-state index >= 15 is 0 Å². The van der Waals surface area contributed by atoms with Crippen LogP contribution in [0.4, 0.5) is 17.6 Å². The number of nitrogen functional groups attached to an aromatic ring is 2. The van der Waals surface area contributed by atoms with Crippen LogP contribution in [-0.4, -0.2) is 76.0 Å². The molecule has 1 fully saturated rings. The maximum Gasteiger partial charge on any atom is 0.243 e. The molecule has 1 atom stereocenters. The highest BCUT2D eigenvalue weighted by Crippen LogP contribution is 2.35. The number of sulfonamides is 1. The summed E-state index contributed by atoms with van der Waals surface area (Å²) in [5.41, 5.74) is 16.8. The molecule has 5 heterocycles. The Hall–Kier alpha value is -6.06. The SMILES string of the molecule is COc1cc(-c2ccc(S(=O)(=O)N3CCCC(Nc4nccc(-c5[nH]c(-c6ccccc6)nc5-c5cnc(N)c(OC)c5)n4)C3)cc2)cnc1N. The van der Waals surface area contributed by atoms with Crippen molar-refractivity contribution in [3.63, 3.8) is 0 Å². The third-order valence-corrected chi connectivity index (χ3v) is 10.6. The number of nitrogens with two attached hydrogens (primary N) is 2. The molecule has 6 aromatic rings. The number of aromatic nitrogens is 6. The van der Waals surface area contributed by atoms with E-state index in [0.29, 0.717) is 58.9 Å². The molecule has 260 valence electrons. The Kier molecular flexibility index (Phi) is 9.21. The summed E-state index contributed by atoms with van der Waals surface area (Å²) in [6.45, 7) is 0.655. The van der Waals surface area contributed by atoms with Gasteiger partial charge in [0.25, 0.3) is 0 Å². The Morgan fingerprint density at radius 2 is 1.51 bits per heavy atom. The summed E-state index contributed by atoms with van der Waals surface area (Å²) >= 11 is 0. The number of H-pyrrole nitrogens is 1. The Bertz CT molecular complexity index is 2280. The second-order valence-electron chi connectivity index (χ2n) is 11.9. The predicted octanol–water partition coefficient (Wildman–Crippen LogP) is 5.10. The van der Waals surface area contributed by atoms with Crippen molar-refractivity contribution in [2.24, 2.45) is 0 Å². The topological polar surface area (TPSA) is 200 Å². The summed E-state index contributed by atoms with van der Waals surface area (Å²) in [5.74, 6) is 2.45. The van der Waals surface area contributed by atoms with Crippen LogP contribution in [0, 0.1) is 0 Å². The number of nitrogens with zero attached hydrogens (tertiary/aromatic N) is 6. The first-order valence-corrected chi connectivity index (χ1v) is 17.6. The van der Waals surface area contributed by atoms with Gasteiger partial charge in [-0.15, -0.1) is 0 Å². The number of anilines is 3. The minimum absolute atomic E-state index is 0.204. The number of hydrogen-bond donors (Lipinski definition) is 4. The number of aromatic amines is 1. The number of pyridine rings is 2. The zero-order valence-electron chi connectivity index (χ0n) is 27.9. The fourth-order valence-electron chi connectivity index (χ4n) is 6.02. The maximum absolute atomic E-state index is 13.8. The van der Waals surface area contributed by atoms with Crippen LogP contribution in [0.25, 0.3) is 45.2 Å². The van der Waals surface area contributed by atoms with Crippen molar-refractivity contribution in [3.8, 4) is 56.7 Å². The van der Waals surface area contributed by atoms with Gasteiger partial charge in [0.2, 0.25) is 16.0 Å². The fourth-order valence-corrected chi connectivity index (χ4v) is 7.55. The van der Waals surface area contributed by atoms with Gasteiger partial charge in [0.1, 0.15) is 11.5 Å². The average Bonchev–Trinajstić information content (AvgIpc) is 3.62. The van der Waals surface area contributed by atoms with Crippen LogP contribution >= 0.6 is 0 Å². The normalized spacial score (nSPS) is 15.0. The third-order valence-electron chi connectivity index (χ3n) is 8.68. The zero-order valence-corrected chi connectivity index (χ0v) is 28.8. The van der Waals surface area contributed by atoms with Crippen LogP contribution in [0.5, 0.6) is 11.5 Å². The van der Waals surface area contributed by atoms with Gasteiger partial charge in [-0.05, 0) is 48.7 Å². The molecule has 0 amide bonds. The summed E-state index contributed by atoms with van der Waals surface area (Å²) in [7, 11) is -0.718. The number of hydrogen-bond acceptors (Lipinski definition) is 12. The zero-order chi connectivity index (χ0) is 35.5. The molecule has 0 radical (unpaired) electrons. The van der Waals surface area contributed by atoms with E-state index in [-0.39, 0.29) is 29.1 Å². The number of piperidine rings is 1. The fraction of sp³-hybridized carbons (Fsp3) is 0.194. The Labute approximate surface area is 295 Å². The lowest BCUT2D eigenvalue weighted by Gasteiger charge is -2.32. The molecule has 1 saturated heterocycles. The molecule has 51 heavy (non-hydrogen) atoms. The minimum atomic E-state index is -3.77. The molecule has 0 bridgehead atoms. The summed E-state index contributed by atoms with van der Waals surface area (Å²) in [5, 5.41) is 3.37. The second kappa shape index (κ2) is 14.0. The number of methoxy groups -OCH3 is 2. The Balaban J connectivity index is 1.12. The first-order valence-electron chi connectivity index (χ1n) is 16.2. The van der Waals surface area contributed by atoms with Gasteiger partial charge in [-0.25, -0.2) is 33.3 Å². The average molecular weight is 705 g/mol. The molecule has 2 aromatic carbocycles. The lowest BCUT2D eigenvalue weighted by Crippen LogP contribution is -2.45. The summed E-state index contributed by atoms with van der Waals surface area (Å²) < 4.78 is 39.7. The Morgan fingerprint density at radius 3 is 2.22 bits per heavy atom. The van der Waals surface area contributed by atoms with Gasteiger partial charge in [-0.3, -0.25) is 0 Å². The van der Waals surface area contributed by atoms with Crippen LogP contribution in [0.2, 0.25) is 0 Å². The number of ether oxygens (including phenoxy) is 2. The summed E-state index contributed by atoms with van der Waals surface area (Å²) in [4.78, 5) is 26.3. The van der Waals surface area contributed by atoms with Crippen LogP contribution in [0.1, 0.15) is 12.8 Å². The van der Waals surface area contributed by atoms with E-state index in [0.717, 1.165) is 23.1 Å². The molecule has 1 unspecified atom stereocenters. The van der Waals surface area contributed by atoms with E-state index in [1.54, 1.807) is 61.1 Å². The van der Waals surface area contributed by atoms with Crippen molar-refractivity contribution < 1.29 is 17.9 Å². The summed E-state index contributed by atoms with van der Waals surface area (Å²) in [6.07, 6.45) is 6.34. The minimum Gasteiger partial charge on any atom is -0.493 e. The molecule has 7 rings (SSSR count). The molecule has 1 aliphatic heterocycles. The first-order chi connectivity index (χ1) is 24.7. The Morgan fingerprint density at radius 1 is 0.824 bits per heavy atom. The molecule has 14 nitrogen and oxygen atoms in total. The van der Waals surface area contributed by atoms with Gasteiger partial charge in [0, 0.05) is 54.4 Å². The molecular formula is C36H36N10O4S. The van der Waals surface area contributed by atoms with Gasteiger partial charge < -0.3 is 31.2 Å². The van der Waals surface area contributed by atoms with Crippen LogP contribution in [0.3, 0.4) is 0 Å². The van der Waals surface area contributed by atoms with Gasteiger partial charge >= 0.3 is 0 Å². The van der Waals surface area contributed by atoms with Gasteiger partial charge in [0.05, 0.1) is 30.5 Å². The maximum atomic E-state index is 13.8. The van der Waals surface area contributed by atoms with E-state index in [2.05, 4.69) is 25.3 Å². The predicted molar refractivity (Wildman–Crippen MR) is 195 cm³/mol. The molecule has 15 heteroatoms. The number of benzene rings is 2. The number of imidazole rings is 1. The third kappa shape index (κ3) is 6.89. The van der Waals surface area contributed by atoms with E-state index < -0.39 is 10.0 Å². The van der Waals surface area contributed by atoms with E-state index in [4.69, 9.17) is 30.9 Å². The van der Waals surface area contributed by atoms with E-state index in [1.807, 2.05) is 30.3 Å². The molecule has 0 saturated carbocycles. The first kappa shape index (κ1) is 33.4. The van der Waals surface area contributed by atoms with Crippen molar-refractivity contribution in [3.05, 3.63) is 91.4 Å². The lowest BCUT2D eigenvalue weighted by atomic mass is 10.1. The molecule has 4 aromatic heterocycles. The van der Waals surface area contributed by atoms with Gasteiger partial charge in [-0.2, -0.15) is 4.31 Å². The standard InChI is InChI=1S/C36H36N10O4S/c1-49-29-17-24(19-40-33(29)37)22-10-12-27(13-11-22)51(47,48)46-16-6-9-26(21-46)42-36-39-15-14-28(43-36)32-31(25-18-30(50-2)34(38)41-20-25)44-35(45-32)23-7-4-3-5-8-23/h3-5,7-8,10-15,17-20,26H,6,9,16,21H2,1-2H3,(H2,37,40)(H2,38,41)(H,44,45)(H,39,42,43). The van der Waals surface area contributed by atoms with Crippen LogP contribution in [-0.2, 0) is 10.0 Å². The van der Waals surface area contributed by atoms with Crippen LogP contribution < -0.4 is 26.3 Å². The van der Waals surface area contributed by atoms with Crippen molar-refractivity contribution in [2.75, 3.05) is 44.1 Å². The summed E-state index contributed by atoms with van der Waals surface area (Å²) in [6, 6.07) is 21.6. The highest BCUT2D eigenvalue weighted by atomic mass is 32.2. The van der Waals surface area contributed by atoms with Gasteiger partial charge in [0.15, 0.2) is 23.1 Å². The monoisotopic (exact) mass is 704 g/mol. The highest BCUT2D eigenvalue weighted by molar-refractivity contribution is 7.89. The van der Waals surface area contributed by atoms with Crippen LogP contribution in [0.15, 0.2) is 96.3 Å². The van der Waals surface area contributed by atoms with Gasteiger partial charge in [-0.1, -0.05) is 42.5 Å². The largest absolute Gasteiger partial charge is 0.493 e. The second-order valence-corrected chi connectivity index (χ2v) is 13.9. The molecular weight excluding hydrogens is 669 g/mol. The van der Waals surface area contributed by atoms with Crippen molar-refractivity contribution in [1.29, 1.82) is 0 Å². The molecule has 6 N–H and O–H groups in total. The van der Waals surface area contributed by atoms with E-state index in [9.17, 15) is 8.42 Å². The van der Waals surface area contributed by atoms with Crippen molar-refractivity contribution >= 4 is 27.6 Å². The lowest BCUT2D eigenvalue weighted by molar-refractivity contribution is 0.326. The molecule has 1 aliphatic rings. The number of rotatable bonds is 10. The quantitative estimate of drug-likeness (QED) is 0.147. The van der Waals surface area contributed by atoms with Crippen molar-refractivity contribution in [1.82, 2.24) is 34.2 Å². The van der Waals surface area contributed by atoms with E-state index in [1.165, 1.54) is 18.5 Å². The number of nitrogens with one attached hydrogen (secondary N) is 2. The van der Waals surface area contributed by atoms with Crippen molar-refractivity contribution in [2.45, 2.75) is 23.8 Å². The molecule has 0 spiro atoms. The highest BCUT2D eigenvalue weighted by Gasteiger charge is 2.31. The smallest absolute Gasteiger partial charge is 0.243 e.